The van der Waals surface area contributed by atoms with Crippen molar-refractivity contribution in [1.82, 2.24) is 4.98 Å². The van der Waals surface area contributed by atoms with Crippen LogP contribution in [0.3, 0.4) is 0 Å². The molecule has 0 saturated carbocycles. The number of thioether (sulfide) groups is 1. The third kappa shape index (κ3) is 2.67. The topological polar surface area (TPSA) is 22.1 Å². The van der Waals surface area contributed by atoms with Crippen LogP contribution in [0.15, 0.2) is 29.3 Å². The fraction of sp³-hybridized carbons (Fsp3) is 0.308. The number of nitrogens with zero attached hydrogens (tertiary/aromatic N) is 1. The first-order valence-electron chi connectivity index (χ1n) is 5.51. The summed E-state index contributed by atoms with van der Waals surface area (Å²) in [7, 11) is 1.65. The Bertz CT molecular complexity index is 530. The van der Waals surface area contributed by atoms with Crippen molar-refractivity contribution >= 4 is 34.3 Å². The lowest BCUT2D eigenvalue weighted by atomic mass is 10.2. The highest BCUT2D eigenvalue weighted by molar-refractivity contribution is 7.99. The average molecular weight is 268 g/mol. The number of fused-ring (bicyclic) bond motifs is 1. The molecule has 0 aliphatic rings. The van der Waals surface area contributed by atoms with Gasteiger partial charge in [-0.25, -0.2) is 0 Å². The third-order valence-electron chi connectivity index (χ3n) is 2.44. The number of hydrogen-bond acceptors (Lipinski definition) is 3. The number of pyridine rings is 1. The summed E-state index contributed by atoms with van der Waals surface area (Å²) in [5, 5.41) is 1.72. The average Bonchev–Trinajstić information content (AvgIpc) is 2.38. The van der Waals surface area contributed by atoms with Crippen molar-refractivity contribution in [1.29, 1.82) is 0 Å². The van der Waals surface area contributed by atoms with Crippen LogP contribution in [0.25, 0.3) is 10.9 Å². The molecule has 0 spiro atoms. The van der Waals surface area contributed by atoms with Gasteiger partial charge in [0, 0.05) is 16.5 Å². The molecule has 0 saturated heterocycles. The lowest BCUT2D eigenvalue weighted by Gasteiger charge is -2.07. The lowest BCUT2D eigenvalue weighted by molar-refractivity contribution is 0.415. The molecule has 0 aliphatic heterocycles. The molecule has 0 bridgehead atoms. The maximum absolute atomic E-state index is 6.39. The predicted octanol–water partition coefficient (Wildman–Crippen LogP) is 4.40. The molecule has 0 N–H and O–H groups in total. The highest BCUT2D eigenvalue weighted by Crippen LogP contribution is 2.34. The van der Waals surface area contributed by atoms with Crippen molar-refractivity contribution in [3.05, 3.63) is 29.4 Å². The molecule has 0 fully saturated rings. The zero-order chi connectivity index (χ0) is 12.3. The predicted molar refractivity (Wildman–Crippen MR) is 74.3 cm³/mol. The molecule has 0 radical (unpaired) electrons. The third-order valence-corrected chi connectivity index (χ3v) is 4.19. The van der Waals surface area contributed by atoms with Gasteiger partial charge in [0.15, 0.2) is 0 Å². The van der Waals surface area contributed by atoms with E-state index in [1.54, 1.807) is 18.9 Å². The van der Waals surface area contributed by atoms with E-state index in [1.807, 2.05) is 24.4 Å². The highest BCUT2D eigenvalue weighted by Gasteiger charge is 2.08. The Hall–Kier alpha value is -0.930. The second kappa shape index (κ2) is 5.61. The summed E-state index contributed by atoms with van der Waals surface area (Å²) in [6.45, 7) is 2.15. The Balaban J connectivity index is 2.48. The molecule has 1 aromatic carbocycles. The highest BCUT2D eigenvalue weighted by atomic mass is 35.5. The molecule has 2 aromatic rings. The standard InChI is InChI=1S/C13H14ClNOS/c1-3-6-17-12-8-15-11-5-4-9(16-2)7-10(11)13(12)14/h4-5,7-8H,3,6H2,1-2H3. The van der Waals surface area contributed by atoms with Crippen molar-refractivity contribution in [3.63, 3.8) is 0 Å². The smallest absolute Gasteiger partial charge is 0.119 e. The van der Waals surface area contributed by atoms with Gasteiger partial charge in [-0.05, 0) is 30.4 Å². The Morgan fingerprint density at radius 2 is 2.24 bits per heavy atom. The van der Waals surface area contributed by atoms with Crippen LogP contribution in [0, 0.1) is 0 Å². The number of rotatable bonds is 4. The fourth-order valence-electron chi connectivity index (χ4n) is 1.56. The van der Waals surface area contributed by atoms with Gasteiger partial charge in [-0.2, -0.15) is 0 Å². The number of ether oxygens (including phenoxy) is 1. The summed E-state index contributed by atoms with van der Waals surface area (Å²) in [4.78, 5) is 5.45. The molecule has 2 rings (SSSR count). The van der Waals surface area contributed by atoms with E-state index in [4.69, 9.17) is 16.3 Å². The van der Waals surface area contributed by atoms with Gasteiger partial charge in [-0.15, -0.1) is 11.8 Å². The quantitative estimate of drug-likeness (QED) is 0.767. The van der Waals surface area contributed by atoms with Crippen LogP contribution < -0.4 is 4.74 Å². The van der Waals surface area contributed by atoms with Crippen molar-refractivity contribution in [2.75, 3.05) is 12.9 Å². The molecule has 0 atom stereocenters. The Morgan fingerprint density at radius 3 is 2.94 bits per heavy atom. The largest absolute Gasteiger partial charge is 0.497 e. The van der Waals surface area contributed by atoms with E-state index >= 15 is 0 Å². The Morgan fingerprint density at radius 1 is 1.41 bits per heavy atom. The van der Waals surface area contributed by atoms with E-state index < -0.39 is 0 Å². The van der Waals surface area contributed by atoms with Crippen molar-refractivity contribution in [2.45, 2.75) is 18.2 Å². The van der Waals surface area contributed by atoms with Gasteiger partial charge < -0.3 is 4.74 Å². The van der Waals surface area contributed by atoms with Crippen molar-refractivity contribution in [3.8, 4) is 5.75 Å². The number of hydrogen-bond donors (Lipinski definition) is 0. The summed E-state index contributed by atoms with van der Waals surface area (Å²) < 4.78 is 5.21. The summed E-state index contributed by atoms with van der Waals surface area (Å²) in [6.07, 6.45) is 2.97. The maximum Gasteiger partial charge on any atom is 0.119 e. The molecule has 90 valence electrons. The van der Waals surface area contributed by atoms with Gasteiger partial charge >= 0.3 is 0 Å². The normalized spacial score (nSPS) is 10.8. The molecule has 17 heavy (non-hydrogen) atoms. The molecule has 1 heterocycles. The van der Waals surface area contributed by atoms with Crippen LogP contribution >= 0.6 is 23.4 Å². The van der Waals surface area contributed by atoms with Gasteiger partial charge in [0.25, 0.3) is 0 Å². The number of benzene rings is 1. The first-order chi connectivity index (χ1) is 8.26. The first-order valence-corrected chi connectivity index (χ1v) is 6.87. The zero-order valence-electron chi connectivity index (χ0n) is 9.87. The zero-order valence-corrected chi connectivity index (χ0v) is 11.4. The molecular weight excluding hydrogens is 254 g/mol. The van der Waals surface area contributed by atoms with E-state index in [0.29, 0.717) is 0 Å². The number of methoxy groups -OCH3 is 1. The van der Waals surface area contributed by atoms with Crippen LogP contribution in [-0.4, -0.2) is 17.8 Å². The van der Waals surface area contributed by atoms with Crippen LogP contribution in [0.5, 0.6) is 5.75 Å². The molecule has 0 aliphatic carbocycles. The summed E-state index contributed by atoms with van der Waals surface area (Å²) >= 11 is 8.13. The number of halogens is 1. The van der Waals surface area contributed by atoms with E-state index in [1.165, 1.54) is 0 Å². The van der Waals surface area contributed by atoms with Gasteiger partial charge in [-0.1, -0.05) is 18.5 Å². The van der Waals surface area contributed by atoms with E-state index in [-0.39, 0.29) is 0 Å². The summed E-state index contributed by atoms with van der Waals surface area (Å²) in [6, 6.07) is 5.75. The van der Waals surface area contributed by atoms with Gasteiger partial charge in [0.1, 0.15) is 5.75 Å². The van der Waals surface area contributed by atoms with Crippen molar-refractivity contribution in [2.24, 2.45) is 0 Å². The molecule has 0 unspecified atom stereocenters. The van der Waals surface area contributed by atoms with E-state index in [2.05, 4.69) is 11.9 Å². The molecular formula is C13H14ClNOS. The van der Waals surface area contributed by atoms with Gasteiger partial charge in [0.05, 0.1) is 17.6 Å². The monoisotopic (exact) mass is 267 g/mol. The fourth-order valence-corrected chi connectivity index (χ4v) is 2.71. The molecule has 0 amide bonds. The van der Waals surface area contributed by atoms with Gasteiger partial charge in [-0.3, -0.25) is 4.98 Å². The first kappa shape index (κ1) is 12.5. The van der Waals surface area contributed by atoms with E-state index in [9.17, 15) is 0 Å². The molecule has 1 aromatic heterocycles. The van der Waals surface area contributed by atoms with Crippen molar-refractivity contribution < 1.29 is 4.74 Å². The summed E-state index contributed by atoms with van der Waals surface area (Å²) in [5.74, 6) is 1.86. The van der Waals surface area contributed by atoms with E-state index in [0.717, 1.165) is 38.7 Å². The molecule has 2 nitrogen and oxygen atoms in total. The van der Waals surface area contributed by atoms with Gasteiger partial charge in [0.2, 0.25) is 0 Å². The lowest BCUT2D eigenvalue weighted by Crippen LogP contribution is -1.87. The summed E-state index contributed by atoms with van der Waals surface area (Å²) in [5.41, 5.74) is 0.900. The minimum Gasteiger partial charge on any atom is -0.497 e. The maximum atomic E-state index is 6.39. The van der Waals surface area contributed by atoms with Crippen LogP contribution in [0.2, 0.25) is 5.02 Å². The molecule has 4 heteroatoms. The minimum absolute atomic E-state index is 0.771. The number of aromatic nitrogens is 1. The SMILES string of the molecule is CCCSc1cnc2ccc(OC)cc2c1Cl. The Labute approximate surface area is 110 Å². The van der Waals surface area contributed by atoms with Crippen LogP contribution in [-0.2, 0) is 0 Å². The minimum atomic E-state index is 0.771. The Kier molecular flexibility index (Phi) is 4.13. The second-order valence-corrected chi connectivity index (χ2v) is 5.18. The van der Waals surface area contributed by atoms with Crippen LogP contribution in [0.4, 0.5) is 0 Å². The van der Waals surface area contributed by atoms with Crippen LogP contribution in [0.1, 0.15) is 13.3 Å². The second-order valence-electron chi connectivity index (χ2n) is 3.67.